The molecule has 11 heteroatoms. The van der Waals surface area contributed by atoms with Crippen LogP contribution in [0.2, 0.25) is 0 Å². The van der Waals surface area contributed by atoms with E-state index in [0.29, 0.717) is 0 Å². The average Bonchev–Trinajstić information content (AvgIpc) is 1.12. The van der Waals surface area contributed by atoms with Gasteiger partial charge in [0.25, 0.3) is 0 Å². The summed E-state index contributed by atoms with van der Waals surface area (Å²) in [6.07, 6.45) is 0. The van der Waals surface area contributed by atoms with Gasteiger partial charge in [-0.3, -0.25) is 4.55 Å². The van der Waals surface area contributed by atoms with Gasteiger partial charge in [0.15, 0.2) is 0 Å². The van der Waals surface area contributed by atoms with E-state index in [1.807, 2.05) is 0 Å². The monoisotopic (exact) mass is 268 g/mol. The van der Waals surface area contributed by atoms with Crippen LogP contribution in [0.3, 0.4) is 0 Å². The number of rotatable bonds is 0. The topological polar surface area (TPSA) is 135 Å². The molecule has 0 rings (SSSR count). The molecule has 0 heterocycles. The Hall–Kier alpha value is 0.776. The summed E-state index contributed by atoms with van der Waals surface area (Å²) in [5.74, 6) is 0. The minimum absolute atomic E-state index is 0. The molecule has 0 aliphatic heterocycles. The van der Waals surface area contributed by atoms with Crippen molar-refractivity contribution < 1.29 is 49.2 Å². The van der Waals surface area contributed by atoms with Crippen molar-refractivity contribution in [3.63, 3.8) is 0 Å². The summed E-state index contributed by atoms with van der Waals surface area (Å²) in [6.45, 7) is 0. The van der Waals surface area contributed by atoms with Crippen LogP contribution >= 0.6 is 10.7 Å². The summed E-state index contributed by atoms with van der Waals surface area (Å²) in [5.41, 5.74) is 0. The maximum Gasteiger partial charge on any atom is 0.668 e. The average molecular weight is 268 g/mol. The SMILES string of the molecule is O=S(=O)(O)Cl.O[Si](O)(O)O.[Fe]. The molecule has 0 fully saturated rings. The molecule has 0 bridgehead atoms. The van der Waals surface area contributed by atoms with Gasteiger partial charge in [-0.15, -0.1) is 0 Å². The summed E-state index contributed by atoms with van der Waals surface area (Å²) < 4.78 is 25.2. The van der Waals surface area contributed by atoms with Gasteiger partial charge < -0.3 is 19.2 Å². The Balaban J connectivity index is -0.000000107. The molecular formula is H5ClFeO7SSi. The first-order chi connectivity index (χ1) is 4.00. The van der Waals surface area contributed by atoms with Gasteiger partial charge in [-0.2, -0.15) is 8.42 Å². The first-order valence-corrected chi connectivity index (χ1v) is 5.62. The smallest absolute Gasteiger partial charge is 0.368 e. The molecule has 5 N–H and O–H groups in total. The van der Waals surface area contributed by atoms with Crippen molar-refractivity contribution in [2.24, 2.45) is 0 Å². The van der Waals surface area contributed by atoms with Gasteiger partial charge in [-0.25, -0.2) is 0 Å². The van der Waals surface area contributed by atoms with Gasteiger partial charge in [0, 0.05) is 27.8 Å². The predicted octanol–water partition coefficient (Wildman–Crippen LogP) is -2.58. The number of hydrogen-bond acceptors (Lipinski definition) is 6. The van der Waals surface area contributed by atoms with Crippen molar-refractivity contribution in [2.45, 2.75) is 0 Å². The predicted molar refractivity (Wildman–Crippen MR) is 32.0 cm³/mol. The summed E-state index contributed by atoms with van der Waals surface area (Å²) in [7, 11) is -4.75. The maximum atomic E-state index is 8.95. The van der Waals surface area contributed by atoms with Crippen molar-refractivity contribution in [2.75, 3.05) is 0 Å². The molecule has 0 spiro atoms. The third kappa shape index (κ3) is 1380. The van der Waals surface area contributed by atoms with E-state index >= 15 is 0 Å². The fourth-order valence-corrected chi connectivity index (χ4v) is 0. The molecule has 0 aliphatic rings. The van der Waals surface area contributed by atoms with Crippen LogP contribution in [-0.2, 0) is 26.4 Å². The maximum absolute atomic E-state index is 8.95. The van der Waals surface area contributed by atoms with Crippen LogP contribution in [0, 0.1) is 0 Å². The minimum Gasteiger partial charge on any atom is -0.368 e. The van der Waals surface area contributed by atoms with Crippen LogP contribution in [0.4, 0.5) is 0 Å². The van der Waals surface area contributed by atoms with Gasteiger partial charge in [0.1, 0.15) is 0 Å². The van der Waals surface area contributed by atoms with E-state index in [-0.39, 0.29) is 17.1 Å². The first kappa shape index (κ1) is 17.8. The summed E-state index contributed by atoms with van der Waals surface area (Å²) in [5, 5.41) is 0. The zero-order valence-electron chi connectivity index (χ0n) is 4.69. The molecule has 0 atom stereocenters. The zero-order valence-corrected chi connectivity index (χ0v) is 8.37. The Labute approximate surface area is 78.5 Å². The second-order valence-corrected chi connectivity index (χ2v) is 4.21. The zero-order chi connectivity index (χ0) is 9.00. The minimum atomic E-state index is -4.61. The third-order valence-electron chi connectivity index (χ3n) is 0. The Bertz CT molecular complexity index is 153. The van der Waals surface area contributed by atoms with E-state index in [4.69, 9.17) is 32.2 Å². The van der Waals surface area contributed by atoms with E-state index < -0.39 is 18.4 Å². The van der Waals surface area contributed by atoms with Crippen LogP contribution in [0.5, 0.6) is 0 Å². The molecule has 0 saturated heterocycles. The molecular weight excluding hydrogens is 263 g/mol. The van der Waals surface area contributed by atoms with Gasteiger partial charge in [-0.05, 0) is 0 Å². The molecule has 0 aliphatic carbocycles. The van der Waals surface area contributed by atoms with E-state index in [0.717, 1.165) is 0 Å². The molecule has 0 aromatic carbocycles. The number of halogens is 1. The standard InChI is InChI=1S/ClHO3S.Fe.H4O4Si/c1-5(2,3)4;;1-5(2,3)4/h(H,2,3,4);;1-4H. The van der Waals surface area contributed by atoms with Crippen LogP contribution < -0.4 is 0 Å². The van der Waals surface area contributed by atoms with Crippen molar-refractivity contribution >= 4 is 29.1 Å². The quantitative estimate of drug-likeness (QED) is 0.185. The number of hydrogen-bond donors (Lipinski definition) is 5. The summed E-state index contributed by atoms with van der Waals surface area (Å²) >= 11 is 0. The van der Waals surface area contributed by atoms with Crippen molar-refractivity contribution in [1.29, 1.82) is 0 Å². The fourth-order valence-electron chi connectivity index (χ4n) is 0. The molecule has 0 radical (unpaired) electrons. The molecule has 0 unspecified atom stereocenters. The molecule has 0 aromatic rings. The van der Waals surface area contributed by atoms with Crippen LogP contribution in [-0.4, -0.2) is 41.2 Å². The second kappa shape index (κ2) is 6.31. The molecule has 0 saturated carbocycles. The molecule has 0 aromatic heterocycles. The van der Waals surface area contributed by atoms with Crippen molar-refractivity contribution in [1.82, 2.24) is 0 Å². The fraction of sp³-hybridized carbons (Fsp3) is 0. The van der Waals surface area contributed by atoms with Crippen molar-refractivity contribution in [3.8, 4) is 0 Å². The second-order valence-electron chi connectivity index (χ2n) is 1.01. The van der Waals surface area contributed by atoms with Crippen LogP contribution in [0.15, 0.2) is 0 Å². The van der Waals surface area contributed by atoms with E-state index in [2.05, 4.69) is 10.7 Å². The Morgan fingerprint density at radius 1 is 1.09 bits per heavy atom. The molecule has 7 nitrogen and oxygen atoms in total. The van der Waals surface area contributed by atoms with Crippen LogP contribution in [0.25, 0.3) is 0 Å². The molecule has 72 valence electrons. The van der Waals surface area contributed by atoms with Gasteiger partial charge >= 0.3 is 18.4 Å². The first-order valence-electron chi connectivity index (χ1n) is 1.56. The van der Waals surface area contributed by atoms with E-state index in [1.54, 1.807) is 0 Å². The summed E-state index contributed by atoms with van der Waals surface area (Å²) in [4.78, 5) is 29.3. The third-order valence-corrected chi connectivity index (χ3v) is 0. The van der Waals surface area contributed by atoms with E-state index in [1.165, 1.54) is 0 Å². The van der Waals surface area contributed by atoms with E-state index in [9.17, 15) is 0 Å². The normalized spacial score (nSPS) is 10.7. The Kier molecular flexibility index (Phi) is 10.2. The summed E-state index contributed by atoms with van der Waals surface area (Å²) in [6, 6.07) is 0. The van der Waals surface area contributed by atoms with Gasteiger partial charge in [0.2, 0.25) is 0 Å². The van der Waals surface area contributed by atoms with Crippen molar-refractivity contribution in [3.05, 3.63) is 0 Å². The van der Waals surface area contributed by atoms with Gasteiger partial charge in [-0.1, -0.05) is 0 Å². The Morgan fingerprint density at radius 3 is 1.09 bits per heavy atom. The largest absolute Gasteiger partial charge is 0.668 e. The molecule has 0 amide bonds. The molecule has 11 heavy (non-hydrogen) atoms. The van der Waals surface area contributed by atoms with Gasteiger partial charge in [0.05, 0.1) is 0 Å². The van der Waals surface area contributed by atoms with Crippen LogP contribution in [0.1, 0.15) is 0 Å². The Morgan fingerprint density at radius 2 is 1.09 bits per heavy atom.